The maximum atomic E-state index is 13.1. The number of likely N-dealkylation sites (N-methyl/N-ethyl adjacent to an activating group) is 1. The summed E-state index contributed by atoms with van der Waals surface area (Å²) < 4.78 is 11.4. The quantitative estimate of drug-likeness (QED) is 0.356. The Morgan fingerprint density at radius 1 is 1.05 bits per heavy atom. The first-order valence-electron chi connectivity index (χ1n) is 12.0. The molecule has 4 rings (SSSR count). The lowest BCUT2D eigenvalue weighted by Crippen LogP contribution is -2.28. The number of carboxylic acids is 1. The minimum Gasteiger partial charge on any atom is -0.493 e. The van der Waals surface area contributed by atoms with E-state index in [1.807, 2.05) is 68.4 Å². The third-order valence-corrected chi connectivity index (χ3v) is 6.88. The molecule has 38 heavy (non-hydrogen) atoms. The first-order chi connectivity index (χ1) is 18.3. The van der Waals surface area contributed by atoms with Gasteiger partial charge in [-0.3, -0.25) is 9.69 Å². The molecule has 0 saturated carbocycles. The predicted molar refractivity (Wildman–Crippen MR) is 152 cm³/mol. The fraction of sp³-hybridized carbons (Fsp3) is 0.207. The van der Waals surface area contributed by atoms with Crippen LogP contribution >= 0.6 is 11.8 Å². The molecule has 0 radical (unpaired) electrons. The van der Waals surface area contributed by atoms with E-state index >= 15 is 0 Å². The van der Waals surface area contributed by atoms with E-state index in [1.165, 1.54) is 11.8 Å². The average Bonchev–Trinajstić information content (AvgIpc) is 3.21. The number of thioether (sulfide) groups is 1. The van der Waals surface area contributed by atoms with Crippen molar-refractivity contribution < 1.29 is 24.2 Å². The molecule has 1 saturated heterocycles. The second-order valence-electron chi connectivity index (χ2n) is 8.67. The molecule has 0 aliphatic carbocycles. The zero-order valence-corrected chi connectivity index (χ0v) is 22.5. The number of amidine groups is 1. The summed E-state index contributed by atoms with van der Waals surface area (Å²) in [6.07, 6.45) is 1.82. The van der Waals surface area contributed by atoms with Crippen LogP contribution in [0.5, 0.6) is 11.5 Å². The molecule has 0 bridgehead atoms. The van der Waals surface area contributed by atoms with Gasteiger partial charge in [0.15, 0.2) is 16.7 Å². The van der Waals surface area contributed by atoms with Crippen molar-refractivity contribution in [3.63, 3.8) is 0 Å². The summed E-state index contributed by atoms with van der Waals surface area (Å²) in [5, 5.41) is 9.69. The van der Waals surface area contributed by atoms with Gasteiger partial charge in [0.05, 0.1) is 23.3 Å². The highest BCUT2D eigenvalue weighted by Gasteiger charge is 2.32. The molecule has 1 amide bonds. The number of nitrogens with zero attached hydrogens (tertiary/aromatic N) is 3. The lowest BCUT2D eigenvalue weighted by molar-refractivity contribution is -0.122. The van der Waals surface area contributed by atoms with E-state index in [0.717, 1.165) is 22.5 Å². The SMILES string of the molecule is CCN1C(=O)/C(=C/c2ccc(OCc3ccc(C(=O)O)cc3)c(OC)c2)SC1=Nc1ccc(N(C)C)cc1. The van der Waals surface area contributed by atoms with Gasteiger partial charge in [-0.15, -0.1) is 0 Å². The Morgan fingerprint density at radius 3 is 2.37 bits per heavy atom. The first kappa shape index (κ1) is 26.8. The number of ether oxygens (including phenoxy) is 2. The molecule has 8 nitrogen and oxygen atoms in total. The van der Waals surface area contributed by atoms with Crippen molar-refractivity contribution in [1.29, 1.82) is 0 Å². The van der Waals surface area contributed by atoms with Crippen LogP contribution in [0.4, 0.5) is 11.4 Å². The van der Waals surface area contributed by atoms with E-state index in [2.05, 4.69) is 0 Å². The van der Waals surface area contributed by atoms with Crippen molar-refractivity contribution >= 4 is 46.3 Å². The van der Waals surface area contributed by atoms with Crippen LogP contribution in [0, 0.1) is 0 Å². The minimum absolute atomic E-state index is 0.0923. The Morgan fingerprint density at radius 2 is 1.76 bits per heavy atom. The summed E-state index contributed by atoms with van der Waals surface area (Å²) >= 11 is 1.34. The van der Waals surface area contributed by atoms with Gasteiger partial charge in [0.1, 0.15) is 6.61 Å². The fourth-order valence-corrected chi connectivity index (χ4v) is 4.82. The van der Waals surface area contributed by atoms with Gasteiger partial charge in [0, 0.05) is 26.3 Å². The summed E-state index contributed by atoms with van der Waals surface area (Å²) in [4.78, 5) is 33.1. The van der Waals surface area contributed by atoms with Crippen molar-refractivity contribution in [2.75, 3.05) is 32.6 Å². The standard InChI is InChI=1S/C29H29N3O5S/c1-5-32-27(33)26(38-29(32)30-22-11-13-23(14-12-22)31(2)3)17-20-8-15-24(25(16-20)36-4)37-18-19-6-9-21(10-7-19)28(34)35/h6-17H,5,18H2,1-4H3,(H,34,35)/b26-17-,30-29?. The molecule has 0 unspecified atom stereocenters. The molecule has 3 aromatic rings. The molecule has 3 aromatic carbocycles. The maximum absolute atomic E-state index is 13.1. The molecule has 0 spiro atoms. The number of hydrogen-bond acceptors (Lipinski definition) is 7. The van der Waals surface area contributed by atoms with E-state index < -0.39 is 5.97 Å². The van der Waals surface area contributed by atoms with Crippen molar-refractivity contribution in [3.05, 3.63) is 88.3 Å². The highest BCUT2D eigenvalue weighted by molar-refractivity contribution is 8.18. The zero-order valence-electron chi connectivity index (χ0n) is 21.7. The monoisotopic (exact) mass is 531 g/mol. The van der Waals surface area contributed by atoms with Gasteiger partial charge >= 0.3 is 5.97 Å². The Bertz CT molecular complexity index is 1380. The zero-order chi connectivity index (χ0) is 27.2. The highest BCUT2D eigenvalue weighted by atomic mass is 32.2. The van der Waals surface area contributed by atoms with Gasteiger partial charge in [-0.2, -0.15) is 0 Å². The number of hydrogen-bond donors (Lipinski definition) is 1. The number of carboxylic acid groups (broad SMARTS) is 1. The van der Waals surface area contributed by atoms with Crippen molar-refractivity contribution in [3.8, 4) is 11.5 Å². The van der Waals surface area contributed by atoms with Gasteiger partial charge in [-0.25, -0.2) is 9.79 Å². The number of aromatic carboxylic acids is 1. The molecule has 1 N–H and O–H groups in total. The number of amides is 1. The van der Waals surface area contributed by atoms with Crippen LogP contribution in [-0.2, 0) is 11.4 Å². The molecule has 1 fully saturated rings. The predicted octanol–water partition coefficient (Wildman–Crippen LogP) is 5.66. The molecule has 196 valence electrons. The molecular weight excluding hydrogens is 502 g/mol. The number of benzene rings is 3. The van der Waals surface area contributed by atoms with Crippen LogP contribution in [0.1, 0.15) is 28.4 Å². The molecule has 1 aliphatic rings. The normalized spacial score (nSPS) is 15.3. The van der Waals surface area contributed by atoms with E-state index in [0.29, 0.717) is 28.1 Å². The topological polar surface area (TPSA) is 91.7 Å². The average molecular weight is 532 g/mol. The summed E-state index contributed by atoms with van der Waals surface area (Å²) in [6.45, 7) is 2.70. The van der Waals surface area contributed by atoms with Crippen LogP contribution in [-0.4, -0.2) is 54.8 Å². The van der Waals surface area contributed by atoms with Gasteiger partial charge in [0.25, 0.3) is 5.91 Å². The Balaban J connectivity index is 1.50. The summed E-state index contributed by atoms with van der Waals surface area (Å²) in [7, 11) is 5.52. The number of rotatable bonds is 9. The molecular formula is C29H29N3O5S. The molecule has 0 aromatic heterocycles. The Kier molecular flexibility index (Phi) is 8.38. The van der Waals surface area contributed by atoms with Crippen molar-refractivity contribution in [1.82, 2.24) is 4.90 Å². The van der Waals surface area contributed by atoms with E-state index in [4.69, 9.17) is 19.6 Å². The first-order valence-corrected chi connectivity index (χ1v) is 12.8. The van der Waals surface area contributed by atoms with Crippen LogP contribution < -0.4 is 14.4 Å². The number of methoxy groups -OCH3 is 1. The molecule has 9 heteroatoms. The van der Waals surface area contributed by atoms with Crippen molar-refractivity contribution in [2.24, 2.45) is 4.99 Å². The summed E-state index contributed by atoms with van der Waals surface area (Å²) in [5.41, 5.74) is 3.71. The summed E-state index contributed by atoms with van der Waals surface area (Å²) in [6, 6.07) is 19.8. The van der Waals surface area contributed by atoms with Crippen LogP contribution in [0.15, 0.2) is 76.6 Å². The highest BCUT2D eigenvalue weighted by Crippen LogP contribution is 2.36. The Labute approximate surface area is 226 Å². The van der Waals surface area contributed by atoms with E-state index in [9.17, 15) is 9.59 Å². The lowest BCUT2D eigenvalue weighted by atomic mass is 10.1. The second-order valence-corrected chi connectivity index (χ2v) is 9.68. The van der Waals surface area contributed by atoms with Crippen LogP contribution in [0.25, 0.3) is 6.08 Å². The van der Waals surface area contributed by atoms with E-state index in [1.54, 1.807) is 42.3 Å². The maximum Gasteiger partial charge on any atom is 0.335 e. The van der Waals surface area contributed by atoms with Crippen LogP contribution in [0.3, 0.4) is 0 Å². The number of carbonyl (C=O) groups excluding carboxylic acids is 1. The minimum atomic E-state index is -0.970. The van der Waals surface area contributed by atoms with Gasteiger partial charge in [0.2, 0.25) is 0 Å². The third-order valence-electron chi connectivity index (χ3n) is 5.88. The van der Waals surface area contributed by atoms with Crippen molar-refractivity contribution in [2.45, 2.75) is 13.5 Å². The van der Waals surface area contributed by atoms with Gasteiger partial charge in [-0.05, 0) is 84.4 Å². The fourth-order valence-electron chi connectivity index (χ4n) is 3.76. The van der Waals surface area contributed by atoms with Gasteiger partial charge < -0.3 is 19.5 Å². The summed E-state index contributed by atoms with van der Waals surface area (Å²) in [5.74, 6) is 0.00673. The van der Waals surface area contributed by atoms with Crippen LogP contribution in [0.2, 0.25) is 0 Å². The second kappa shape index (κ2) is 11.9. The Hall–Kier alpha value is -4.24. The number of anilines is 1. The molecule has 1 heterocycles. The number of carbonyl (C=O) groups is 2. The van der Waals surface area contributed by atoms with E-state index in [-0.39, 0.29) is 18.1 Å². The lowest BCUT2D eigenvalue weighted by Gasteiger charge is -2.13. The smallest absolute Gasteiger partial charge is 0.335 e. The molecule has 1 aliphatic heterocycles. The molecule has 0 atom stereocenters. The number of aliphatic imine (C=N–C) groups is 1. The third kappa shape index (κ3) is 6.18. The largest absolute Gasteiger partial charge is 0.493 e. The van der Waals surface area contributed by atoms with Gasteiger partial charge in [-0.1, -0.05) is 18.2 Å².